The molecule has 2 aliphatic rings. The van der Waals surface area contributed by atoms with Crippen LogP contribution in [0, 0.1) is 0 Å². The zero-order valence-electron chi connectivity index (χ0n) is 14.8. The molecule has 1 N–H and O–H groups in total. The smallest absolute Gasteiger partial charge is 0.318 e. The molecule has 0 bridgehead atoms. The van der Waals surface area contributed by atoms with Crippen LogP contribution in [0.15, 0.2) is 24.3 Å². The van der Waals surface area contributed by atoms with E-state index in [1.54, 1.807) is 7.11 Å². The van der Waals surface area contributed by atoms with Gasteiger partial charge in [-0.15, -0.1) is 0 Å². The van der Waals surface area contributed by atoms with Crippen LogP contribution in [0.3, 0.4) is 0 Å². The summed E-state index contributed by atoms with van der Waals surface area (Å²) in [5, 5.41) is 3.16. The van der Waals surface area contributed by atoms with Crippen molar-refractivity contribution in [1.29, 1.82) is 0 Å². The quantitative estimate of drug-likeness (QED) is 0.902. The van der Waals surface area contributed by atoms with E-state index in [0.717, 1.165) is 37.2 Å². The van der Waals surface area contributed by atoms with Gasteiger partial charge in [-0.1, -0.05) is 18.2 Å². The Kier molecular flexibility index (Phi) is 5.61. The third kappa shape index (κ3) is 3.83. The molecule has 5 heteroatoms. The van der Waals surface area contributed by atoms with Gasteiger partial charge in [-0.3, -0.25) is 0 Å². The van der Waals surface area contributed by atoms with Crippen LogP contribution in [0.25, 0.3) is 0 Å². The standard InChI is InChI=1S/C19H29N3O2/c1-15(17-9-3-4-10-18(17)24-2)20-19(23)22-13-7-8-16(22)14-21-11-5-6-12-21/h3-4,9-10,15-16H,5-8,11-14H2,1-2H3,(H,20,23)/t15-,16-/m1/s1. The molecule has 0 unspecified atom stereocenters. The number of carbonyl (C=O) groups is 1. The van der Waals surface area contributed by atoms with Gasteiger partial charge in [-0.25, -0.2) is 4.79 Å². The second-order valence-corrected chi connectivity index (χ2v) is 6.91. The number of benzene rings is 1. The van der Waals surface area contributed by atoms with Crippen molar-refractivity contribution in [3.05, 3.63) is 29.8 Å². The average Bonchev–Trinajstić information content (AvgIpc) is 3.27. The Labute approximate surface area is 145 Å². The first-order valence-corrected chi connectivity index (χ1v) is 9.11. The minimum atomic E-state index is -0.0679. The van der Waals surface area contributed by atoms with Crippen LogP contribution in [-0.2, 0) is 0 Å². The van der Waals surface area contributed by atoms with Crippen molar-refractivity contribution in [2.24, 2.45) is 0 Å². The fourth-order valence-electron chi connectivity index (χ4n) is 3.93. The van der Waals surface area contributed by atoms with E-state index in [0.29, 0.717) is 6.04 Å². The van der Waals surface area contributed by atoms with E-state index in [2.05, 4.69) is 10.2 Å². The van der Waals surface area contributed by atoms with Gasteiger partial charge >= 0.3 is 6.03 Å². The number of urea groups is 1. The second-order valence-electron chi connectivity index (χ2n) is 6.91. The lowest BCUT2D eigenvalue weighted by molar-refractivity contribution is 0.172. The third-order valence-electron chi connectivity index (χ3n) is 5.25. The van der Waals surface area contributed by atoms with E-state index < -0.39 is 0 Å². The SMILES string of the molecule is COc1ccccc1[C@@H](C)NC(=O)N1CCC[C@@H]1CN1CCCC1. The number of likely N-dealkylation sites (tertiary alicyclic amines) is 2. The van der Waals surface area contributed by atoms with Crippen LogP contribution in [0.1, 0.15) is 44.2 Å². The van der Waals surface area contributed by atoms with E-state index in [1.807, 2.05) is 36.1 Å². The van der Waals surface area contributed by atoms with Gasteiger partial charge in [0.2, 0.25) is 0 Å². The minimum absolute atomic E-state index is 0.0510. The van der Waals surface area contributed by atoms with Gasteiger partial charge in [0.25, 0.3) is 0 Å². The highest BCUT2D eigenvalue weighted by molar-refractivity contribution is 5.75. The molecule has 1 aromatic carbocycles. The summed E-state index contributed by atoms with van der Waals surface area (Å²) < 4.78 is 5.41. The van der Waals surface area contributed by atoms with Crippen molar-refractivity contribution in [3.63, 3.8) is 0 Å². The molecule has 0 aliphatic carbocycles. The molecule has 5 nitrogen and oxygen atoms in total. The van der Waals surface area contributed by atoms with Crippen LogP contribution in [0.5, 0.6) is 5.75 Å². The summed E-state index contributed by atoms with van der Waals surface area (Å²) in [7, 11) is 1.67. The summed E-state index contributed by atoms with van der Waals surface area (Å²) in [4.78, 5) is 17.3. The Balaban J connectivity index is 1.60. The molecule has 24 heavy (non-hydrogen) atoms. The molecule has 132 valence electrons. The summed E-state index contributed by atoms with van der Waals surface area (Å²) in [5.74, 6) is 0.820. The van der Waals surface area contributed by atoms with Gasteiger partial charge in [0, 0.05) is 24.7 Å². The molecule has 3 rings (SSSR count). The summed E-state index contributed by atoms with van der Waals surface area (Å²) in [6.45, 7) is 6.27. The van der Waals surface area contributed by atoms with Crippen molar-refractivity contribution in [3.8, 4) is 5.75 Å². The number of hydrogen-bond acceptors (Lipinski definition) is 3. The molecule has 0 radical (unpaired) electrons. The minimum Gasteiger partial charge on any atom is -0.496 e. The fourth-order valence-corrected chi connectivity index (χ4v) is 3.93. The number of carbonyl (C=O) groups excluding carboxylic acids is 1. The first-order valence-electron chi connectivity index (χ1n) is 9.11. The first-order chi connectivity index (χ1) is 11.7. The number of amides is 2. The number of methoxy groups -OCH3 is 1. The lowest BCUT2D eigenvalue weighted by atomic mass is 10.1. The van der Waals surface area contributed by atoms with Crippen molar-refractivity contribution in [1.82, 2.24) is 15.1 Å². The van der Waals surface area contributed by atoms with Crippen molar-refractivity contribution < 1.29 is 9.53 Å². The van der Waals surface area contributed by atoms with E-state index in [4.69, 9.17) is 4.74 Å². The maximum atomic E-state index is 12.8. The van der Waals surface area contributed by atoms with Crippen LogP contribution >= 0.6 is 0 Å². The van der Waals surface area contributed by atoms with Gasteiger partial charge in [0.1, 0.15) is 5.75 Å². The van der Waals surface area contributed by atoms with Crippen LogP contribution in [0.4, 0.5) is 4.79 Å². The highest BCUT2D eigenvalue weighted by Crippen LogP contribution is 2.26. The highest BCUT2D eigenvalue weighted by atomic mass is 16.5. The third-order valence-corrected chi connectivity index (χ3v) is 5.25. The molecule has 0 spiro atoms. The lowest BCUT2D eigenvalue weighted by Gasteiger charge is -2.30. The Hall–Kier alpha value is -1.75. The molecular formula is C19H29N3O2. The van der Waals surface area contributed by atoms with E-state index in [9.17, 15) is 4.79 Å². The molecule has 2 amide bonds. The maximum absolute atomic E-state index is 12.8. The average molecular weight is 331 g/mol. The Morgan fingerprint density at radius 2 is 2.00 bits per heavy atom. The summed E-state index contributed by atoms with van der Waals surface area (Å²) in [6.07, 6.45) is 4.81. The summed E-state index contributed by atoms with van der Waals surface area (Å²) >= 11 is 0. The number of ether oxygens (including phenoxy) is 1. The molecule has 2 atom stereocenters. The number of hydrogen-bond donors (Lipinski definition) is 1. The second kappa shape index (κ2) is 7.88. The monoisotopic (exact) mass is 331 g/mol. The molecule has 1 aromatic rings. The highest BCUT2D eigenvalue weighted by Gasteiger charge is 2.31. The predicted octanol–water partition coefficient (Wildman–Crippen LogP) is 3.03. The van der Waals surface area contributed by atoms with Gasteiger partial charge in [0.15, 0.2) is 0 Å². The van der Waals surface area contributed by atoms with Gasteiger partial charge < -0.3 is 19.9 Å². The van der Waals surface area contributed by atoms with E-state index in [-0.39, 0.29) is 12.1 Å². The zero-order valence-corrected chi connectivity index (χ0v) is 14.8. The fraction of sp³-hybridized carbons (Fsp3) is 0.632. The van der Waals surface area contributed by atoms with Crippen molar-refractivity contribution in [2.45, 2.75) is 44.7 Å². The first kappa shape index (κ1) is 17.1. The van der Waals surface area contributed by atoms with E-state index >= 15 is 0 Å². The van der Waals surface area contributed by atoms with Gasteiger partial charge in [0.05, 0.1) is 13.2 Å². The maximum Gasteiger partial charge on any atom is 0.318 e. The topological polar surface area (TPSA) is 44.8 Å². The molecule has 2 fully saturated rings. The molecule has 2 aliphatic heterocycles. The number of nitrogens with one attached hydrogen (secondary N) is 1. The Morgan fingerprint density at radius 3 is 2.75 bits per heavy atom. The van der Waals surface area contributed by atoms with Gasteiger partial charge in [-0.2, -0.15) is 0 Å². The molecular weight excluding hydrogens is 302 g/mol. The largest absolute Gasteiger partial charge is 0.496 e. The van der Waals surface area contributed by atoms with Crippen molar-refractivity contribution >= 4 is 6.03 Å². The van der Waals surface area contributed by atoms with Crippen LogP contribution in [-0.4, -0.2) is 55.2 Å². The molecule has 0 saturated carbocycles. The Bertz CT molecular complexity index is 557. The summed E-state index contributed by atoms with van der Waals surface area (Å²) in [5.41, 5.74) is 1.02. The number of rotatable bonds is 5. The lowest BCUT2D eigenvalue weighted by Crippen LogP contribution is -2.47. The zero-order chi connectivity index (χ0) is 16.9. The number of nitrogens with zero attached hydrogens (tertiary/aromatic N) is 2. The van der Waals surface area contributed by atoms with E-state index in [1.165, 1.54) is 25.9 Å². The predicted molar refractivity (Wildman–Crippen MR) is 95.3 cm³/mol. The Morgan fingerprint density at radius 1 is 1.25 bits per heavy atom. The number of para-hydroxylation sites is 1. The molecule has 2 saturated heterocycles. The molecule has 0 aromatic heterocycles. The van der Waals surface area contributed by atoms with Gasteiger partial charge in [-0.05, 0) is 51.8 Å². The van der Waals surface area contributed by atoms with Crippen molar-refractivity contribution in [2.75, 3.05) is 33.3 Å². The van der Waals surface area contributed by atoms with Crippen LogP contribution < -0.4 is 10.1 Å². The normalized spacial score (nSPS) is 22.6. The molecule has 2 heterocycles. The van der Waals surface area contributed by atoms with Crippen LogP contribution in [0.2, 0.25) is 0 Å². The summed E-state index contributed by atoms with van der Waals surface area (Å²) in [6, 6.07) is 8.21.